The monoisotopic (exact) mass is 489 g/mol. The fraction of sp³-hybridized carbons (Fsp3) is 0.211. The van der Waals surface area contributed by atoms with E-state index in [2.05, 4.69) is 5.32 Å². The van der Waals surface area contributed by atoms with Crippen molar-refractivity contribution in [1.29, 1.82) is 0 Å². The van der Waals surface area contributed by atoms with Crippen LogP contribution in [0.2, 0.25) is 15.1 Å². The molecule has 0 aliphatic heterocycles. The van der Waals surface area contributed by atoms with E-state index in [1.54, 1.807) is 7.05 Å². The SMILES string of the molecule is CNCC(=O)c1ccc(/C(F)=C/C(c2cc(Cl)c(Cl)c(Cl)c2)C(F)(F)F)cc1.Cl. The number of Topliss-reactive ketones (excluding diaryl/α,β-unsaturated/α-hetero) is 1. The van der Waals surface area contributed by atoms with Gasteiger partial charge in [-0.25, -0.2) is 4.39 Å². The average molecular weight is 491 g/mol. The number of alkyl halides is 3. The molecule has 2 rings (SSSR count). The Bertz CT molecular complexity index is 875. The largest absolute Gasteiger partial charge is 0.399 e. The molecule has 0 aliphatic carbocycles. The Hall–Kier alpha value is -1.31. The Morgan fingerprint density at radius 1 is 1.07 bits per heavy atom. The Kier molecular flexibility index (Phi) is 9.44. The van der Waals surface area contributed by atoms with E-state index in [1.165, 1.54) is 24.3 Å². The van der Waals surface area contributed by atoms with Crippen LogP contribution in [0.4, 0.5) is 17.6 Å². The molecule has 1 unspecified atom stereocenters. The highest BCUT2D eigenvalue weighted by Gasteiger charge is 2.40. The van der Waals surface area contributed by atoms with Crippen molar-refractivity contribution >= 4 is 58.8 Å². The van der Waals surface area contributed by atoms with Crippen LogP contribution in [-0.2, 0) is 0 Å². The number of benzene rings is 2. The molecule has 0 spiro atoms. The molecule has 0 saturated carbocycles. The summed E-state index contributed by atoms with van der Waals surface area (Å²) in [7, 11) is 1.60. The van der Waals surface area contributed by atoms with Crippen LogP contribution in [0.15, 0.2) is 42.5 Å². The van der Waals surface area contributed by atoms with Crippen LogP contribution < -0.4 is 5.32 Å². The molecular formula is C19H15Cl4F4NO. The van der Waals surface area contributed by atoms with Gasteiger partial charge in [-0.05, 0) is 30.8 Å². The molecule has 2 aromatic carbocycles. The van der Waals surface area contributed by atoms with E-state index in [1.807, 2.05) is 0 Å². The summed E-state index contributed by atoms with van der Waals surface area (Å²) in [5, 5.41) is 2.27. The van der Waals surface area contributed by atoms with Gasteiger partial charge in [0.15, 0.2) is 5.78 Å². The predicted octanol–water partition coefficient (Wildman–Crippen LogP) is 7.13. The number of carbonyl (C=O) groups excluding carboxylic acids is 1. The second-order valence-corrected chi connectivity index (χ2v) is 7.06. The van der Waals surface area contributed by atoms with Gasteiger partial charge in [-0.15, -0.1) is 12.4 Å². The van der Waals surface area contributed by atoms with Gasteiger partial charge in [0.2, 0.25) is 0 Å². The lowest BCUT2D eigenvalue weighted by Crippen LogP contribution is -2.19. The van der Waals surface area contributed by atoms with Crippen molar-refractivity contribution in [1.82, 2.24) is 5.32 Å². The van der Waals surface area contributed by atoms with Gasteiger partial charge in [0, 0.05) is 11.1 Å². The first-order valence-electron chi connectivity index (χ1n) is 7.91. The number of hydrogen-bond acceptors (Lipinski definition) is 2. The Labute approximate surface area is 186 Å². The zero-order chi connectivity index (χ0) is 21.1. The summed E-state index contributed by atoms with van der Waals surface area (Å²) in [5.74, 6) is -3.61. The number of likely N-dealkylation sites (N-methyl/N-ethyl adjacent to an activating group) is 1. The number of rotatable bonds is 6. The Balaban J connectivity index is 0.00000420. The third kappa shape index (κ3) is 6.59. The van der Waals surface area contributed by atoms with E-state index in [4.69, 9.17) is 34.8 Å². The van der Waals surface area contributed by atoms with Crippen LogP contribution in [-0.4, -0.2) is 25.6 Å². The van der Waals surface area contributed by atoms with Crippen molar-refractivity contribution in [3.8, 4) is 0 Å². The summed E-state index contributed by atoms with van der Waals surface area (Å²) in [5.41, 5.74) is -0.126. The van der Waals surface area contributed by atoms with E-state index < -0.39 is 17.9 Å². The number of halogens is 8. The van der Waals surface area contributed by atoms with Gasteiger partial charge in [0.1, 0.15) is 11.7 Å². The maximum Gasteiger partial charge on any atom is 0.399 e. The predicted molar refractivity (Wildman–Crippen MR) is 111 cm³/mol. The van der Waals surface area contributed by atoms with Crippen molar-refractivity contribution < 1.29 is 22.4 Å². The van der Waals surface area contributed by atoms with Crippen molar-refractivity contribution in [3.05, 3.63) is 74.2 Å². The lowest BCUT2D eigenvalue weighted by atomic mass is 9.96. The van der Waals surface area contributed by atoms with Crippen LogP contribution in [0.25, 0.3) is 5.83 Å². The van der Waals surface area contributed by atoms with E-state index >= 15 is 0 Å². The lowest BCUT2D eigenvalue weighted by molar-refractivity contribution is -0.139. The lowest BCUT2D eigenvalue weighted by Gasteiger charge is -2.19. The quantitative estimate of drug-likeness (QED) is 0.265. The Morgan fingerprint density at radius 3 is 2.00 bits per heavy atom. The molecule has 0 aliphatic rings. The number of nitrogens with one attached hydrogen (secondary N) is 1. The third-order valence-electron chi connectivity index (χ3n) is 3.85. The number of ketones is 1. The zero-order valence-electron chi connectivity index (χ0n) is 14.8. The molecule has 0 amide bonds. The fourth-order valence-electron chi connectivity index (χ4n) is 2.45. The highest BCUT2D eigenvalue weighted by molar-refractivity contribution is 6.48. The van der Waals surface area contributed by atoms with E-state index in [0.717, 1.165) is 12.1 Å². The standard InChI is InChI=1S/C19H14Cl3F4NO.ClH/c1-27-9-17(28)11-4-2-10(3-5-11)16(23)8-13(19(24,25)26)12-6-14(20)18(22)15(21)7-12;/h2-8,13,27H,9H2,1H3;1H/b16-8-;. The summed E-state index contributed by atoms with van der Waals surface area (Å²) >= 11 is 17.4. The van der Waals surface area contributed by atoms with E-state index in [-0.39, 0.29) is 50.9 Å². The fourth-order valence-corrected chi connectivity index (χ4v) is 3.07. The molecule has 0 bridgehead atoms. The van der Waals surface area contributed by atoms with Gasteiger partial charge in [0.25, 0.3) is 0 Å². The molecule has 158 valence electrons. The molecule has 10 heteroatoms. The van der Waals surface area contributed by atoms with Crippen LogP contribution in [0.3, 0.4) is 0 Å². The van der Waals surface area contributed by atoms with E-state index in [0.29, 0.717) is 11.6 Å². The second kappa shape index (κ2) is 10.6. The molecule has 2 nitrogen and oxygen atoms in total. The first-order chi connectivity index (χ1) is 13.0. The number of allylic oxidation sites excluding steroid dienone is 1. The molecule has 0 fully saturated rings. The summed E-state index contributed by atoms with van der Waals surface area (Å²) in [6, 6.07) is 7.17. The highest BCUT2D eigenvalue weighted by atomic mass is 35.5. The molecule has 1 atom stereocenters. The van der Waals surface area contributed by atoms with Crippen LogP contribution in [0.1, 0.15) is 27.4 Å². The van der Waals surface area contributed by atoms with E-state index in [9.17, 15) is 22.4 Å². The van der Waals surface area contributed by atoms with Gasteiger partial charge in [-0.3, -0.25) is 4.79 Å². The third-order valence-corrected chi connectivity index (χ3v) is 5.05. The van der Waals surface area contributed by atoms with Gasteiger partial charge in [0.05, 0.1) is 21.6 Å². The van der Waals surface area contributed by atoms with Gasteiger partial charge in [-0.2, -0.15) is 13.2 Å². The molecule has 0 heterocycles. The van der Waals surface area contributed by atoms with Crippen molar-refractivity contribution in [2.75, 3.05) is 13.6 Å². The molecule has 1 N–H and O–H groups in total. The maximum absolute atomic E-state index is 14.5. The molecule has 0 radical (unpaired) electrons. The van der Waals surface area contributed by atoms with Crippen LogP contribution in [0, 0.1) is 0 Å². The molecule has 29 heavy (non-hydrogen) atoms. The summed E-state index contributed by atoms with van der Waals surface area (Å²) in [4.78, 5) is 11.8. The van der Waals surface area contributed by atoms with Crippen molar-refractivity contribution in [3.63, 3.8) is 0 Å². The Morgan fingerprint density at radius 2 is 1.55 bits per heavy atom. The normalized spacial score (nSPS) is 13.0. The summed E-state index contributed by atoms with van der Waals surface area (Å²) in [6.07, 6.45) is -4.36. The highest BCUT2D eigenvalue weighted by Crippen LogP contribution is 2.42. The van der Waals surface area contributed by atoms with Crippen molar-refractivity contribution in [2.45, 2.75) is 12.1 Å². The van der Waals surface area contributed by atoms with Gasteiger partial charge in [-0.1, -0.05) is 59.1 Å². The zero-order valence-corrected chi connectivity index (χ0v) is 17.9. The molecular weight excluding hydrogens is 476 g/mol. The first kappa shape index (κ1) is 25.7. The maximum atomic E-state index is 14.5. The minimum absolute atomic E-state index is 0. The van der Waals surface area contributed by atoms with Crippen LogP contribution >= 0.6 is 47.2 Å². The number of carbonyl (C=O) groups is 1. The molecule has 0 saturated heterocycles. The summed E-state index contributed by atoms with van der Waals surface area (Å²) < 4.78 is 55.1. The molecule has 0 aromatic heterocycles. The average Bonchev–Trinajstić information content (AvgIpc) is 2.63. The second-order valence-electron chi connectivity index (χ2n) is 5.86. The smallest absolute Gasteiger partial charge is 0.313 e. The minimum atomic E-state index is -4.79. The van der Waals surface area contributed by atoms with Crippen molar-refractivity contribution in [2.24, 2.45) is 0 Å². The minimum Gasteiger partial charge on any atom is -0.313 e. The first-order valence-corrected chi connectivity index (χ1v) is 9.04. The van der Waals surface area contributed by atoms with Crippen LogP contribution in [0.5, 0.6) is 0 Å². The molecule has 2 aromatic rings. The topological polar surface area (TPSA) is 29.1 Å². The summed E-state index contributed by atoms with van der Waals surface area (Å²) in [6.45, 7) is 0.0892. The van der Waals surface area contributed by atoms with Gasteiger partial charge < -0.3 is 5.32 Å². The number of hydrogen-bond donors (Lipinski definition) is 1. The van der Waals surface area contributed by atoms with Gasteiger partial charge >= 0.3 is 6.18 Å².